The highest BCUT2D eigenvalue weighted by Crippen LogP contribution is 2.33. The summed E-state index contributed by atoms with van der Waals surface area (Å²) < 4.78 is 5.61. The highest BCUT2D eigenvalue weighted by molar-refractivity contribution is 5.88. The molecule has 2 N–H and O–H groups in total. The first-order valence-electron chi connectivity index (χ1n) is 6.25. The Labute approximate surface area is 120 Å². The highest BCUT2D eigenvalue weighted by atomic mass is 35.5. The predicted octanol–water partition coefficient (Wildman–Crippen LogP) is 1.75. The fourth-order valence-electron chi connectivity index (χ4n) is 1.84. The van der Waals surface area contributed by atoms with Gasteiger partial charge in [-0.3, -0.25) is 4.79 Å². The van der Waals surface area contributed by atoms with Gasteiger partial charge in [-0.15, -0.1) is 12.4 Å². The third-order valence-electron chi connectivity index (χ3n) is 3.25. The van der Waals surface area contributed by atoms with Crippen molar-refractivity contribution in [2.45, 2.75) is 25.3 Å². The maximum atomic E-state index is 11.9. The van der Waals surface area contributed by atoms with Crippen molar-refractivity contribution in [3.8, 4) is 5.75 Å². The number of ether oxygens (including phenoxy) is 1. The van der Waals surface area contributed by atoms with Crippen molar-refractivity contribution in [2.75, 3.05) is 20.2 Å². The lowest BCUT2D eigenvalue weighted by Crippen LogP contribution is -2.45. The summed E-state index contributed by atoms with van der Waals surface area (Å²) in [6.07, 6.45) is 1.60. The third kappa shape index (κ3) is 4.11. The molecule has 106 valence electrons. The average Bonchev–Trinajstić information content (AvgIpc) is 3.07. The lowest BCUT2D eigenvalue weighted by atomic mass is 10.2. The monoisotopic (exact) mass is 284 g/mol. The molecule has 1 saturated carbocycles. The number of hydrogen-bond donors (Lipinski definition) is 1. The summed E-state index contributed by atoms with van der Waals surface area (Å²) in [7, 11) is 1.77. The first-order chi connectivity index (χ1) is 8.51. The minimum Gasteiger partial charge on any atom is -0.492 e. The number of halogens is 1. The van der Waals surface area contributed by atoms with E-state index in [1.165, 1.54) is 0 Å². The van der Waals surface area contributed by atoms with E-state index in [2.05, 4.69) is 0 Å². The van der Waals surface area contributed by atoms with Crippen molar-refractivity contribution >= 4 is 18.3 Å². The normalized spacial score (nSPS) is 15.3. The fraction of sp³-hybridized carbons (Fsp3) is 0.500. The third-order valence-corrected chi connectivity index (χ3v) is 3.25. The maximum Gasteiger partial charge on any atom is 0.242 e. The van der Waals surface area contributed by atoms with E-state index in [9.17, 15) is 4.79 Å². The summed E-state index contributed by atoms with van der Waals surface area (Å²) >= 11 is 0. The molecule has 19 heavy (non-hydrogen) atoms. The lowest BCUT2D eigenvalue weighted by molar-refractivity contribution is -0.132. The van der Waals surface area contributed by atoms with Crippen molar-refractivity contribution in [1.82, 2.24) is 4.90 Å². The average molecular weight is 285 g/mol. The molecule has 0 bridgehead atoms. The largest absolute Gasteiger partial charge is 0.492 e. The van der Waals surface area contributed by atoms with Crippen LogP contribution in [0.25, 0.3) is 0 Å². The molecule has 1 aromatic carbocycles. The van der Waals surface area contributed by atoms with E-state index in [1.54, 1.807) is 11.9 Å². The van der Waals surface area contributed by atoms with Crippen LogP contribution < -0.4 is 10.5 Å². The topological polar surface area (TPSA) is 55.6 Å². The van der Waals surface area contributed by atoms with Crippen LogP contribution in [-0.2, 0) is 4.79 Å². The van der Waals surface area contributed by atoms with Crippen LogP contribution in [0.2, 0.25) is 0 Å². The number of nitrogens with two attached hydrogens (primary N) is 1. The quantitative estimate of drug-likeness (QED) is 0.896. The van der Waals surface area contributed by atoms with Crippen LogP contribution in [0, 0.1) is 6.92 Å². The molecule has 0 atom stereocenters. The Hall–Kier alpha value is -1.26. The Kier molecular flexibility index (Phi) is 5.20. The number of rotatable bonds is 5. The lowest BCUT2D eigenvalue weighted by Gasteiger charge is -2.20. The molecule has 1 aliphatic rings. The zero-order valence-corrected chi connectivity index (χ0v) is 12.2. The number of carbonyl (C=O) groups is 1. The van der Waals surface area contributed by atoms with Crippen molar-refractivity contribution in [3.05, 3.63) is 29.8 Å². The molecule has 0 heterocycles. The maximum absolute atomic E-state index is 11.9. The fourth-order valence-corrected chi connectivity index (χ4v) is 1.84. The zero-order valence-electron chi connectivity index (χ0n) is 11.4. The molecule has 0 unspecified atom stereocenters. The molecule has 0 aliphatic heterocycles. The Morgan fingerprint density at radius 1 is 1.47 bits per heavy atom. The van der Waals surface area contributed by atoms with E-state index >= 15 is 0 Å². The molecular formula is C14H21ClN2O2. The van der Waals surface area contributed by atoms with Crippen LogP contribution >= 0.6 is 12.4 Å². The number of nitrogens with zero attached hydrogens (tertiary/aromatic N) is 1. The van der Waals surface area contributed by atoms with Crippen LogP contribution in [0.1, 0.15) is 18.4 Å². The molecule has 1 amide bonds. The molecule has 1 aliphatic carbocycles. The zero-order chi connectivity index (χ0) is 13.2. The van der Waals surface area contributed by atoms with Gasteiger partial charge in [-0.1, -0.05) is 12.1 Å². The van der Waals surface area contributed by atoms with Crippen molar-refractivity contribution in [1.29, 1.82) is 0 Å². The van der Waals surface area contributed by atoms with Crippen LogP contribution in [0.3, 0.4) is 0 Å². The van der Waals surface area contributed by atoms with E-state index in [0.717, 1.165) is 24.2 Å². The van der Waals surface area contributed by atoms with E-state index in [0.29, 0.717) is 13.2 Å². The van der Waals surface area contributed by atoms with E-state index in [-0.39, 0.29) is 18.3 Å². The van der Waals surface area contributed by atoms with Gasteiger partial charge in [-0.05, 0) is 37.5 Å². The molecule has 5 heteroatoms. The SMILES string of the molecule is Cc1cccc(OCCN(C)C(=O)C2(N)CC2)c1.Cl. The second kappa shape index (κ2) is 6.26. The van der Waals surface area contributed by atoms with Crippen LogP contribution in [0.5, 0.6) is 5.75 Å². The summed E-state index contributed by atoms with van der Waals surface area (Å²) in [6.45, 7) is 3.07. The van der Waals surface area contributed by atoms with Gasteiger partial charge in [0.2, 0.25) is 5.91 Å². The first-order valence-corrected chi connectivity index (χ1v) is 6.25. The Morgan fingerprint density at radius 2 is 2.16 bits per heavy atom. The van der Waals surface area contributed by atoms with Gasteiger partial charge in [-0.25, -0.2) is 0 Å². The molecule has 0 aromatic heterocycles. The molecule has 0 saturated heterocycles. The predicted molar refractivity (Wildman–Crippen MR) is 77.7 cm³/mol. The Bertz CT molecular complexity index is 447. The van der Waals surface area contributed by atoms with E-state index in [1.807, 2.05) is 31.2 Å². The van der Waals surface area contributed by atoms with Gasteiger partial charge in [0.25, 0.3) is 0 Å². The smallest absolute Gasteiger partial charge is 0.242 e. The minimum absolute atomic E-state index is 0. The van der Waals surface area contributed by atoms with Gasteiger partial charge in [0.15, 0.2) is 0 Å². The number of benzene rings is 1. The van der Waals surface area contributed by atoms with Crippen LogP contribution in [-0.4, -0.2) is 36.5 Å². The van der Waals surface area contributed by atoms with E-state index < -0.39 is 5.54 Å². The van der Waals surface area contributed by atoms with Gasteiger partial charge < -0.3 is 15.4 Å². The van der Waals surface area contributed by atoms with E-state index in [4.69, 9.17) is 10.5 Å². The summed E-state index contributed by atoms with van der Waals surface area (Å²) in [4.78, 5) is 13.5. The van der Waals surface area contributed by atoms with Gasteiger partial charge in [-0.2, -0.15) is 0 Å². The number of amides is 1. The molecule has 0 spiro atoms. The van der Waals surface area contributed by atoms with Crippen molar-refractivity contribution < 1.29 is 9.53 Å². The second-order valence-electron chi connectivity index (χ2n) is 5.05. The van der Waals surface area contributed by atoms with Gasteiger partial charge >= 0.3 is 0 Å². The summed E-state index contributed by atoms with van der Waals surface area (Å²) in [5.41, 5.74) is 6.44. The molecule has 1 aromatic rings. The van der Waals surface area contributed by atoms with Gasteiger partial charge in [0.1, 0.15) is 12.4 Å². The first kappa shape index (κ1) is 15.8. The number of likely N-dealkylation sites (N-methyl/N-ethyl adjacent to an activating group) is 1. The van der Waals surface area contributed by atoms with Gasteiger partial charge in [0.05, 0.1) is 12.1 Å². The standard InChI is InChI=1S/C14H20N2O2.ClH/c1-11-4-3-5-12(10-11)18-9-8-16(2)13(17)14(15)6-7-14;/h3-5,10H,6-9,15H2,1-2H3;1H. The van der Waals surface area contributed by atoms with Crippen LogP contribution in [0.4, 0.5) is 0 Å². The summed E-state index contributed by atoms with van der Waals surface area (Å²) in [6, 6.07) is 7.87. The summed E-state index contributed by atoms with van der Waals surface area (Å²) in [5.74, 6) is 0.861. The highest BCUT2D eigenvalue weighted by Gasteiger charge is 2.47. The Balaban J connectivity index is 0.00000180. The minimum atomic E-state index is -0.585. The molecular weight excluding hydrogens is 264 g/mol. The van der Waals surface area contributed by atoms with Crippen molar-refractivity contribution in [3.63, 3.8) is 0 Å². The Morgan fingerprint density at radius 3 is 2.74 bits per heavy atom. The molecule has 4 nitrogen and oxygen atoms in total. The molecule has 2 rings (SSSR count). The number of hydrogen-bond acceptors (Lipinski definition) is 3. The second-order valence-corrected chi connectivity index (χ2v) is 5.05. The number of aryl methyl sites for hydroxylation is 1. The van der Waals surface area contributed by atoms with Gasteiger partial charge in [0, 0.05) is 7.05 Å². The van der Waals surface area contributed by atoms with Crippen LogP contribution in [0.15, 0.2) is 24.3 Å². The number of carbonyl (C=O) groups excluding carboxylic acids is 1. The van der Waals surface area contributed by atoms with Crippen molar-refractivity contribution in [2.24, 2.45) is 5.73 Å². The molecule has 1 fully saturated rings. The summed E-state index contributed by atoms with van der Waals surface area (Å²) in [5, 5.41) is 0. The molecule has 0 radical (unpaired) electrons.